The minimum atomic E-state index is -0.613. The zero-order valence-corrected chi connectivity index (χ0v) is 15.9. The molecule has 2 atom stereocenters. The summed E-state index contributed by atoms with van der Waals surface area (Å²) >= 11 is 1.63. The van der Waals surface area contributed by atoms with Crippen molar-refractivity contribution in [2.45, 2.75) is 32.9 Å². The van der Waals surface area contributed by atoms with Crippen LogP contribution in [-0.4, -0.2) is 48.5 Å². The molecular weight excluding hydrogens is 338 g/mol. The van der Waals surface area contributed by atoms with Crippen molar-refractivity contribution in [3.8, 4) is 0 Å². The van der Waals surface area contributed by atoms with E-state index in [0.717, 1.165) is 21.6 Å². The summed E-state index contributed by atoms with van der Waals surface area (Å²) in [4.78, 5) is 30.6. The zero-order chi connectivity index (χ0) is 18.4. The highest BCUT2D eigenvalue weighted by atomic mass is 32.1. The first kappa shape index (κ1) is 19.3. The Kier molecular flexibility index (Phi) is 6.90. The molecule has 1 aromatic heterocycles. The van der Waals surface area contributed by atoms with Crippen molar-refractivity contribution in [3.05, 3.63) is 29.3 Å². The number of ether oxygens (including phenoxy) is 1. The van der Waals surface area contributed by atoms with E-state index in [2.05, 4.69) is 10.3 Å². The Morgan fingerprint density at radius 2 is 2.08 bits per heavy atom. The number of para-hydroxylation sites is 1. The Morgan fingerprint density at radius 3 is 2.72 bits per heavy atom. The van der Waals surface area contributed by atoms with Crippen molar-refractivity contribution in [2.75, 3.05) is 20.7 Å². The van der Waals surface area contributed by atoms with Gasteiger partial charge in [0.2, 0.25) is 5.91 Å². The van der Waals surface area contributed by atoms with Gasteiger partial charge in [0.1, 0.15) is 11.0 Å². The number of benzene rings is 1. The lowest BCUT2D eigenvalue weighted by atomic mass is 9.99. The van der Waals surface area contributed by atoms with Crippen LogP contribution in [0, 0.1) is 5.92 Å². The van der Waals surface area contributed by atoms with Crippen molar-refractivity contribution >= 4 is 33.4 Å². The lowest BCUT2D eigenvalue weighted by Crippen LogP contribution is -2.48. The number of nitrogens with one attached hydrogen (secondary N) is 1. The number of carbonyl (C=O) groups excluding carboxylic acids is 2. The number of methoxy groups -OCH3 is 1. The minimum Gasteiger partial charge on any atom is -0.467 e. The van der Waals surface area contributed by atoms with E-state index in [1.807, 2.05) is 50.1 Å². The Balaban J connectivity index is 1.93. The molecule has 1 aromatic carbocycles. The van der Waals surface area contributed by atoms with E-state index in [9.17, 15) is 9.59 Å². The number of carbonyl (C=O) groups is 2. The fourth-order valence-electron chi connectivity index (χ4n) is 2.53. The van der Waals surface area contributed by atoms with Gasteiger partial charge in [0.05, 0.1) is 30.4 Å². The summed E-state index contributed by atoms with van der Waals surface area (Å²) in [5.74, 6) is -0.582. The fourth-order valence-corrected chi connectivity index (χ4v) is 3.58. The number of hydrogen-bond acceptors (Lipinski definition) is 6. The molecule has 2 unspecified atom stereocenters. The maximum atomic E-state index is 12.3. The van der Waals surface area contributed by atoms with Crippen LogP contribution in [0.2, 0.25) is 0 Å². The highest BCUT2D eigenvalue weighted by Gasteiger charge is 2.26. The van der Waals surface area contributed by atoms with E-state index in [4.69, 9.17) is 4.74 Å². The molecule has 0 fully saturated rings. The van der Waals surface area contributed by atoms with Crippen LogP contribution in [0.1, 0.15) is 25.3 Å². The van der Waals surface area contributed by atoms with E-state index in [0.29, 0.717) is 6.54 Å². The molecule has 0 saturated carbocycles. The van der Waals surface area contributed by atoms with Gasteiger partial charge in [-0.25, -0.2) is 9.78 Å². The zero-order valence-electron chi connectivity index (χ0n) is 15.1. The standard InChI is InChI=1S/C18H25N3O3S/c1-5-12(2)17(18(23)24-4)20-15(22)10-21(3)11-16-19-13-8-6-7-9-14(13)25-16/h6-9,12,17H,5,10-11H2,1-4H3,(H,20,22). The topological polar surface area (TPSA) is 71.5 Å². The van der Waals surface area contributed by atoms with Crippen LogP contribution in [0.4, 0.5) is 0 Å². The van der Waals surface area contributed by atoms with Crippen LogP contribution in [-0.2, 0) is 20.9 Å². The number of likely N-dealkylation sites (N-methyl/N-ethyl adjacent to an activating group) is 1. The van der Waals surface area contributed by atoms with Gasteiger partial charge in [0.25, 0.3) is 0 Å². The maximum Gasteiger partial charge on any atom is 0.328 e. The van der Waals surface area contributed by atoms with Crippen LogP contribution < -0.4 is 5.32 Å². The van der Waals surface area contributed by atoms with Crippen molar-refractivity contribution in [1.82, 2.24) is 15.2 Å². The summed E-state index contributed by atoms with van der Waals surface area (Å²) in [6, 6.07) is 7.36. The average Bonchev–Trinajstić information content (AvgIpc) is 3.00. The molecule has 0 aliphatic heterocycles. The number of aromatic nitrogens is 1. The molecule has 0 radical (unpaired) electrons. The molecular formula is C18H25N3O3S. The molecule has 0 spiro atoms. The maximum absolute atomic E-state index is 12.3. The van der Waals surface area contributed by atoms with Crippen LogP contribution in [0.5, 0.6) is 0 Å². The Hall–Kier alpha value is -1.99. The Labute approximate surface area is 152 Å². The molecule has 1 heterocycles. The number of hydrogen-bond donors (Lipinski definition) is 1. The number of fused-ring (bicyclic) bond motifs is 1. The molecule has 0 saturated heterocycles. The highest BCUT2D eigenvalue weighted by Crippen LogP contribution is 2.22. The first-order valence-corrected chi connectivity index (χ1v) is 9.16. The molecule has 6 nitrogen and oxygen atoms in total. The molecule has 2 rings (SSSR count). The van der Waals surface area contributed by atoms with Gasteiger partial charge in [-0.05, 0) is 25.1 Å². The van der Waals surface area contributed by atoms with Crippen molar-refractivity contribution in [2.24, 2.45) is 5.92 Å². The monoisotopic (exact) mass is 363 g/mol. The lowest BCUT2D eigenvalue weighted by molar-refractivity contribution is -0.146. The predicted octanol–water partition coefficient (Wildman–Crippen LogP) is 2.43. The van der Waals surface area contributed by atoms with Crippen LogP contribution in [0.3, 0.4) is 0 Å². The molecule has 1 amide bonds. The number of nitrogens with zero attached hydrogens (tertiary/aromatic N) is 2. The molecule has 25 heavy (non-hydrogen) atoms. The van der Waals surface area contributed by atoms with Gasteiger partial charge in [0.15, 0.2) is 0 Å². The first-order valence-electron chi connectivity index (χ1n) is 8.34. The van der Waals surface area contributed by atoms with E-state index < -0.39 is 12.0 Å². The Bertz CT molecular complexity index is 698. The van der Waals surface area contributed by atoms with E-state index in [1.54, 1.807) is 11.3 Å². The van der Waals surface area contributed by atoms with Gasteiger partial charge >= 0.3 is 5.97 Å². The summed E-state index contributed by atoms with van der Waals surface area (Å²) in [5, 5.41) is 3.75. The molecule has 0 aliphatic carbocycles. The van der Waals surface area contributed by atoms with Gasteiger partial charge < -0.3 is 10.1 Å². The van der Waals surface area contributed by atoms with Gasteiger partial charge in [-0.15, -0.1) is 11.3 Å². The van der Waals surface area contributed by atoms with Crippen molar-refractivity contribution in [1.29, 1.82) is 0 Å². The second-order valence-electron chi connectivity index (χ2n) is 6.20. The third kappa shape index (κ3) is 5.24. The smallest absolute Gasteiger partial charge is 0.328 e. The third-order valence-corrected chi connectivity index (χ3v) is 5.16. The molecule has 136 valence electrons. The molecule has 7 heteroatoms. The number of rotatable bonds is 8. The largest absolute Gasteiger partial charge is 0.467 e. The van der Waals surface area contributed by atoms with Crippen LogP contribution in [0.15, 0.2) is 24.3 Å². The normalized spacial score (nSPS) is 13.6. The molecule has 2 aromatic rings. The average molecular weight is 363 g/mol. The Morgan fingerprint density at radius 1 is 1.36 bits per heavy atom. The highest BCUT2D eigenvalue weighted by molar-refractivity contribution is 7.18. The molecule has 0 aliphatic rings. The summed E-state index contributed by atoms with van der Waals surface area (Å²) in [5.41, 5.74) is 0.975. The van der Waals surface area contributed by atoms with Gasteiger partial charge in [-0.1, -0.05) is 32.4 Å². The lowest BCUT2D eigenvalue weighted by Gasteiger charge is -2.23. The second kappa shape index (κ2) is 8.92. The number of thiazole rings is 1. The number of amides is 1. The summed E-state index contributed by atoms with van der Waals surface area (Å²) < 4.78 is 5.93. The first-order chi connectivity index (χ1) is 11.9. The van der Waals surface area contributed by atoms with E-state index >= 15 is 0 Å². The fraction of sp³-hybridized carbons (Fsp3) is 0.500. The van der Waals surface area contributed by atoms with E-state index in [1.165, 1.54) is 7.11 Å². The van der Waals surface area contributed by atoms with Crippen LogP contribution in [0.25, 0.3) is 10.2 Å². The molecule has 0 bridgehead atoms. The van der Waals surface area contributed by atoms with Gasteiger partial charge in [0, 0.05) is 0 Å². The summed E-state index contributed by atoms with van der Waals surface area (Å²) in [6.45, 7) is 4.68. The van der Waals surface area contributed by atoms with E-state index in [-0.39, 0.29) is 18.4 Å². The summed E-state index contributed by atoms with van der Waals surface area (Å²) in [7, 11) is 3.20. The molecule has 1 N–H and O–H groups in total. The van der Waals surface area contributed by atoms with Crippen molar-refractivity contribution in [3.63, 3.8) is 0 Å². The van der Waals surface area contributed by atoms with Crippen LogP contribution >= 0.6 is 11.3 Å². The second-order valence-corrected chi connectivity index (χ2v) is 7.32. The predicted molar refractivity (Wildman–Crippen MR) is 99.4 cm³/mol. The summed E-state index contributed by atoms with van der Waals surface area (Å²) in [6.07, 6.45) is 0.779. The number of esters is 1. The van der Waals surface area contributed by atoms with Gasteiger partial charge in [-0.3, -0.25) is 9.69 Å². The minimum absolute atomic E-state index is 0.0194. The SMILES string of the molecule is CCC(C)C(NC(=O)CN(C)Cc1nc2ccccc2s1)C(=O)OC. The third-order valence-electron chi connectivity index (χ3n) is 4.14. The van der Waals surface area contributed by atoms with Gasteiger partial charge in [-0.2, -0.15) is 0 Å². The quantitative estimate of drug-likeness (QED) is 0.730. The van der Waals surface area contributed by atoms with Crippen molar-refractivity contribution < 1.29 is 14.3 Å².